The summed E-state index contributed by atoms with van der Waals surface area (Å²) in [4.78, 5) is 11.8. The standard InChI is InChI=1S/C14H28N2O2/c1-14(2,3)18-13(17)16-12(9-10-15)11-7-5-4-6-8-11/h11-12H,4-10,15H2,1-3H3,(H,16,17)/t12-/m0/s1. The molecular formula is C14H28N2O2. The molecule has 0 radical (unpaired) electrons. The molecule has 0 aromatic carbocycles. The molecule has 18 heavy (non-hydrogen) atoms. The van der Waals surface area contributed by atoms with Crippen LogP contribution in [0.3, 0.4) is 0 Å². The summed E-state index contributed by atoms with van der Waals surface area (Å²) in [5.74, 6) is 0.565. The largest absolute Gasteiger partial charge is 0.444 e. The zero-order chi connectivity index (χ0) is 13.6. The van der Waals surface area contributed by atoms with Gasteiger partial charge < -0.3 is 15.8 Å². The molecule has 1 amide bonds. The predicted octanol–water partition coefficient (Wildman–Crippen LogP) is 2.81. The third-order valence-electron chi connectivity index (χ3n) is 3.40. The number of ether oxygens (including phenoxy) is 1. The quantitative estimate of drug-likeness (QED) is 0.813. The van der Waals surface area contributed by atoms with E-state index in [2.05, 4.69) is 5.32 Å². The van der Waals surface area contributed by atoms with Gasteiger partial charge in [0.05, 0.1) is 0 Å². The lowest BCUT2D eigenvalue weighted by Crippen LogP contribution is -2.44. The van der Waals surface area contributed by atoms with Gasteiger partial charge in [-0.2, -0.15) is 0 Å². The molecule has 0 aromatic rings. The molecule has 0 spiro atoms. The van der Waals surface area contributed by atoms with Gasteiger partial charge in [0, 0.05) is 6.04 Å². The molecule has 3 N–H and O–H groups in total. The number of carbonyl (C=O) groups is 1. The maximum absolute atomic E-state index is 11.8. The van der Waals surface area contributed by atoms with Crippen molar-refractivity contribution < 1.29 is 9.53 Å². The summed E-state index contributed by atoms with van der Waals surface area (Å²) >= 11 is 0. The number of rotatable bonds is 4. The van der Waals surface area contributed by atoms with Crippen LogP contribution in [-0.4, -0.2) is 24.3 Å². The fourth-order valence-corrected chi connectivity index (χ4v) is 2.60. The minimum atomic E-state index is -0.441. The van der Waals surface area contributed by atoms with E-state index in [1.807, 2.05) is 20.8 Å². The van der Waals surface area contributed by atoms with Crippen LogP contribution in [-0.2, 0) is 4.74 Å². The van der Waals surface area contributed by atoms with E-state index in [1.54, 1.807) is 0 Å². The maximum Gasteiger partial charge on any atom is 0.407 e. The van der Waals surface area contributed by atoms with Crippen molar-refractivity contribution in [3.05, 3.63) is 0 Å². The maximum atomic E-state index is 11.8. The van der Waals surface area contributed by atoms with Crippen LogP contribution in [0, 0.1) is 5.92 Å². The van der Waals surface area contributed by atoms with E-state index in [4.69, 9.17) is 10.5 Å². The van der Waals surface area contributed by atoms with Gasteiger partial charge in [-0.05, 0) is 52.5 Å². The Morgan fingerprint density at radius 3 is 2.44 bits per heavy atom. The van der Waals surface area contributed by atoms with Crippen molar-refractivity contribution in [3.63, 3.8) is 0 Å². The van der Waals surface area contributed by atoms with Crippen molar-refractivity contribution in [3.8, 4) is 0 Å². The van der Waals surface area contributed by atoms with Crippen molar-refractivity contribution in [1.29, 1.82) is 0 Å². The van der Waals surface area contributed by atoms with Crippen LogP contribution in [0.4, 0.5) is 4.79 Å². The number of hydrogen-bond donors (Lipinski definition) is 2. The summed E-state index contributed by atoms with van der Waals surface area (Å²) in [6.07, 6.45) is 6.76. The Labute approximate surface area is 111 Å². The minimum Gasteiger partial charge on any atom is -0.444 e. The Hall–Kier alpha value is -0.770. The van der Waals surface area contributed by atoms with E-state index in [0.29, 0.717) is 12.5 Å². The lowest BCUT2D eigenvalue weighted by Gasteiger charge is -2.31. The van der Waals surface area contributed by atoms with Crippen LogP contribution in [0.15, 0.2) is 0 Å². The van der Waals surface area contributed by atoms with Gasteiger partial charge >= 0.3 is 6.09 Å². The summed E-state index contributed by atoms with van der Waals surface area (Å²) < 4.78 is 5.31. The molecule has 1 aliphatic rings. The Morgan fingerprint density at radius 2 is 1.94 bits per heavy atom. The molecule has 4 heteroatoms. The Kier molecular flexibility index (Phi) is 5.93. The van der Waals surface area contributed by atoms with Gasteiger partial charge in [0.15, 0.2) is 0 Å². The topological polar surface area (TPSA) is 64.3 Å². The average molecular weight is 256 g/mol. The summed E-state index contributed by atoms with van der Waals surface area (Å²) in [7, 11) is 0. The molecule has 0 bridgehead atoms. The molecule has 0 unspecified atom stereocenters. The first-order chi connectivity index (χ1) is 8.42. The lowest BCUT2D eigenvalue weighted by atomic mass is 9.83. The Bertz CT molecular complexity index is 255. The number of nitrogens with two attached hydrogens (primary N) is 1. The zero-order valence-electron chi connectivity index (χ0n) is 12.0. The Balaban J connectivity index is 2.48. The third-order valence-corrected chi connectivity index (χ3v) is 3.40. The third kappa shape index (κ3) is 5.71. The van der Waals surface area contributed by atoms with E-state index in [0.717, 1.165) is 6.42 Å². The monoisotopic (exact) mass is 256 g/mol. The first kappa shape index (κ1) is 15.3. The van der Waals surface area contributed by atoms with Gasteiger partial charge in [-0.25, -0.2) is 4.79 Å². The van der Waals surface area contributed by atoms with Crippen molar-refractivity contribution >= 4 is 6.09 Å². The highest BCUT2D eigenvalue weighted by Crippen LogP contribution is 2.27. The second-order valence-corrected chi connectivity index (χ2v) is 6.23. The van der Waals surface area contributed by atoms with Crippen LogP contribution >= 0.6 is 0 Å². The molecule has 4 nitrogen and oxygen atoms in total. The van der Waals surface area contributed by atoms with E-state index in [9.17, 15) is 4.79 Å². The molecule has 1 fully saturated rings. The highest BCUT2D eigenvalue weighted by Gasteiger charge is 2.26. The number of nitrogens with one attached hydrogen (secondary N) is 1. The second-order valence-electron chi connectivity index (χ2n) is 6.23. The van der Waals surface area contributed by atoms with E-state index in [-0.39, 0.29) is 12.1 Å². The number of alkyl carbamates (subject to hydrolysis) is 1. The van der Waals surface area contributed by atoms with Crippen molar-refractivity contribution in [2.24, 2.45) is 11.7 Å². The summed E-state index contributed by atoms with van der Waals surface area (Å²) in [6.45, 7) is 6.25. The van der Waals surface area contributed by atoms with Crippen LogP contribution in [0.1, 0.15) is 59.3 Å². The van der Waals surface area contributed by atoms with Crippen molar-refractivity contribution in [2.45, 2.75) is 70.9 Å². The molecular weight excluding hydrogens is 228 g/mol. The van der Waals surface area contributed by atoms with Crippen LogP contribution in [0.2, 0.25) is 0 Å². The molecule has 0 aromatic heterocycles. The Morgan fingerprint density at radius 1 is 1.33 bits per heavy atom. The molecule has 1 rings (SSSR count). The minimum absolute atomic E-state index is 0.171. The van der Waals surface area contributed by atoms with Gasteiger partial charge in [-0.3, -0.25) is 0 Å². The lowest BCUT2D eigenvalue weighted by molar-refractivity contribution is 0.0474. The molecule has 1 aliphatic carbocycles. The fourth-order valence-electron chi connectivity index (χ4n) is 2.60. The summed E-state index contributed by atoms with van der Waals surface area (Å²) in [6, 6.07) is 0.171. The van der Waals surface area contributed by atoms with Crippen LogP contribution < -0.4 is 11.1 Å². The zero-order valence-corrected chi connectivity index (χ0v) is 12.0. The van der Waals surface area contributed by atoms with E-state index < -0.39 is 5.60 Å². The molecule has 0 saturated heterocycles. The highest BCUT2D eigenvalue weighted by molar-refractivity contribution is 5.68. The van der Waals surface area contributed by atoms with Gasteiger partial charge in [-0.1, -0.05) is 19.3 Å². The van der Waals surface area contributed by atoms with E-state index >= 15 is 0 Å². The normalized spacial score (nSPS) is 19.3. The second kappa shape index (κ2) is 6.98. The average Bonchev–Trinajstić information content (AvgIpc) is 2.27. The predicted molar refractivity (Wildman–Crippen MR) is 73.4 cm³/mol. The first-order valence-electron chi connectivity index (χ1n) is 7.12. The molecule has 0 heterocycles. The number of amides is 1. The van der Waals surface area contributed by atoms with Crippen LogP contribution in [0.5, 0.6) is 0 Å². The van der Waals surface area contributed by atoms with Gasteiger partial charge in [-0.15, -0.1) is 0 Å². The fraction of sp³-hybridized carbons (Fsp3) is 0.929. The molecule has 1 atom stereocenters. The van der Waals surface area contributed by atoms with Crippen molar-refractivity contribution in [2.75, 3.05) is 6.54 Å². The number of hydrogen-bond acceptors (Lipinski definition) is 3. The van der Waals surface area contributed by atoms with Crippen LogP contribution in [0.25, 0.3) is 0 Å². The van der Waals surface area contributed by atoms with Gasteiger partial charge in [0.2, 0.25) is 0 Å². The van der Waals surface area contributed by atoms with Crippen molar-refractivity contribution in [1.82, 2.24) is 5.32 Å². The first-order valence-corrected chi connectivity index (χ1v) is 7.12. The SMILES string of the molecule is CC(C)(C)OC(=O)N[C@@H](CCN)C1CCCCC1. The van der Waals surface area contributed by atoms with Gasteiger partial charge in [0.1, 0.15) is 5.60 Å². The smallest absolute Gasteiger partial charge is 0.407 e. The summed E-state index contributed by atoms with van der Waals surface area (Å²) in [5.41, 5.74) is 5.21. The molecule has 0 aliphatic heterocycles. The molecule has 1 saturated carbocycles. The number of carbonyl (C=O) groups excluding carboxylic acids is 1. The van der Waals surface area contributed by atoms with E-state index in [1.165, 1.54) is 32.1 Å². The summed E-state index contributed by atoms with van der Waals surface area (Å²) in [5, 5.41) is 3.00. The highest BCUT2D eigenvalue weighted by atomic mass is 16.6. The van der Waals surface area contributed by atoms with Gasteiger partial charge in [0.25, 0.3) is 0 Å². The molecule has 106 valence electrons.